The van der Waals surface area contributed by atoms with E-state index >= 15 is 0 Å². The highest BCUT2D eigenvalue weighted by molar-refractivity contribution is 7.80. The molecule has 0 saturated heterocycles. The first-order chi connectivity index (χ1) is 9.99. The summed E-state index contributed by atoms with van der Waals surface area (Å²) in [5.41, 5.74) is 5.57. The molecule has 0 bridgehead atoms. The lowest BCUT2D eigenvalue weighted by Gasteiger charge is -2.16. The van der Waals surface area contributed by atoms with Gasteiger partial charge in [0.1, 0.15) is 5.75 Å². The molecule has 0 unspecified atom stereocenters. The van der Waals surface area contributed by atoms with Gasteiger partial charge in [-0.15, -0.1) is 0 Å². The Bertz CT molecular complexity index is 645. The highest BCUT2D eigenvalue weighted by atomic mass is 32.1. The Balaban J connectivity index is 2.12. The van der Waals surface area contributed by atoms with Gasteiger partial charge in [-0.05, 0) is 56.2 Å². The van der Waals surface area contributed by atoms with Crippen LogP contribution in [0.2, 0.25) is 0 Å². The topological polar surface area (TPSA) is 33.3 Å². The molecule has 0 atom stereocenters. The number of methoxy groups -OCH3 is 1. The molecule has 3 nitrogen and oxygen atoms in total. The van der Waals surface area contributed by atoms with Crippen LogP contribution in [0, 0.1) is 20.8 Å². The number of nitrogens with one attached hydrogen (secondary N) is 2. The summed E-state index contributed by atoms with van der Waals surface area (Å²) in [4.78, 5) is 0. The largest absolute Gasteiger partial charge is 0.497 e. The predicted molar refractivity (Wildman–Crippen MR) is 93.5 cm³/mol. The second kappa shape index (κ2) is 6.59. The quantitative estimate of drug-likeness (QED) is 0.822. The molecule has 0 amide bonds. The van der Waals surface area contributed by atoms with Crippen LogP contribution in [0.25, 0.3) is 0 Å². The maximum Gasteiger partial charge on any atom is 0.175 e. The first-order valence-corrected chi connectivity index (χ1v) is 7.20. The van der Waals surface area contributed by atoms with Crippen molar-refractivity contribution in [2.24, 2.45) is 0 Å². The van der Waals surface area contributed by atoms with Gasteiger partial charge in [0.2, 0.25) is 0 Å². The molecule has 110 valence electrons. The zero-order valence-corrected chi connectivity index (χ0v) is 13.6. The van der Waals surface area contributed by atoms with Crippen molar-refractivity contribution in [1.29, 1.82) is 0 Å². The maximum absolute atomic E-state index is 5.39. The summed E-state index contributed by atoms with van der Waals surface area (Å²) in [6.07, 6.45) is 0. The molecular formula is C17H20N2OS. The molecule has 0 spiro atoms. The van der Waals surface area contributed by atoms with Crippen LogP contribution in [0.1, 0.15) is 16.7 Å². The molecule has 0 heterocycles. The monoisotopic (exact) mass is 300 g/mol. The molecule has 0 radical (unpaired) electrons. The van der Waals surface area contributed by atoms with Crippen LogP contribution >= 0.6 is 12.2 Å². The third-order valence-corrected chi connectivity index (χ3v) is 3.45. The molecule has 21 heavy (non-hydrogen) atoms. The van der Waals surface area contributed by atoms with Crippen molar-refractivity contribution >= 4 is 28.7 Å². The van der Waals surface area contributed by atoms with Gasteiger partial charge < -0.3 is 15.4 Å². The van der Waals surface area contributed by atoms with Gasteiger partial charge in [-0.3, -0.25) is 0 Å². The van der Waals surface area contributed by atoms with Gasteiger partial charge in [0, 0.05) is 17.4 Å². The lowest BCUT2D eigenvalue weighted by Crippen LogP contribution is -2.20. The average Bonchev–Trinajstić information content (AvgIpc) is 2.43. The molecule has 0 aliphatic carbocycles. The predicted octanol–water partition coefficient (Wildman–Crippen LogP) is 4.43. The lowest BCUT2D eigenvalue weighted by atomic mass is 10.1. The highest BCUT2D eigenvalue weighted by Crippen LogP contribution is 2.22. The van der Waals surface area contributed by atoms with Crippen molar-refractivity contribution in [1.82, 2.24) is 0 Å². The number of benzene rings is 2. The number of thiocarbonyl (C=S) groups is 1. The van der Waals surface area contributed by atoms with E-state index in [2.05, 4.69) is 43.5 Å². The zero-order chi connectivity index (χ0) is 15.4. The molecule has 4 heteroatoms. The van der Waals surface area contributed by atoms with Crippen LogP contribution in [-0.2, 0) is 0 Å². The van der Waals surface area contributed by atoms with Crippen molar-refractivity contribution in [2.45, 2.75) is 20.8 Å². The molecule has 0 aliphatic rings. The van der Waals surface area contributed by atoms with Crippen LogP contribution in [0.4, 0.5) is 11.4 Å². The number of rotatable bonds is 3. The van der Waals surface area contributed by atoms with Gasteiger partial charge in [0.25, 0.3) is 0 Å². The summed E-state index contributed by atoms with van der Waals surface area (Å²) < 4.78 is 5.20. The Kier molecular flexibility index (Phi) is 4.81. The highest BCUT2D eigenvalue weighted by Gasteiger charge is 2.06. The molecule has 2 rings (SSSR count). The van der Waals surface area contributed by atoms with Crippen molar-refractivity contribution < 1.29 is 4.74 Å². The molecule has 2 N–H and O–H groups in total. The van der Waals surface area contributed by atoms with Gasteiger partial charge in [0.05, 0.1) is 7.11 Å². The van der Waals surface area contributed by atoms with Gasteiger partial charge in [-0.1, -0.05) is 23.8 Å². The number of hydrogen-bond acceptors (Lipinski definition) is 2. The third kappa shape index (κ3) is 3.95. The number of ether oxygens (including phenoxy) is 1. The third-order valence-electron chi connectivity index (χ3n) is 3.24. The van der Waals surface area contributed by atoms with Crippen molar-refractivity contribution in [3.63, 3.8) is 0 Å². The Hall–Kier alpha value is -2.07. The van der Waals surface area contributed by atoms with Gasteiger partial charge >= 0.3 is 0 Å². The zero-order valence-electron chi connectivity index (χ0n) is 12.8. The minimum atomic E-state index is 0.568. The van der Waals surface area contributed by atoms with E-state index in [4.69, 9.17) is 17.0 Å². The fraction of sp³-hybridized carbons (Fsp3) is 0.235. The SMILES string of the molecule is COc1cccc(NC(=S)Nc2c(C)cc(C)cc2C)c1. The Labute approximate surface area is 131 Å². The van der Waals surface area contributed by atoms with Crippen LogP contribution in [0.3, 0.4) is 0 Å². The minimum Gasteiger partial charge on any atom is -0.497 e. The van der Waals surface area contributed by atoms with E-state index in [-0.39, 0.29) is 0 Å². The molecule has 0 saturated carbocycles. The Morgan fingerprint density at radius 1 is 1.00 bits per heavy atom. The second-order valence-corrected chi connectivity index (χ2v) is 5.49. The summed E-state index contributed by atoms with van der Waals surface area (Å²) in [6, 6.07) is 12.0. The lowest BCUT2D eigenvalue weighted by molar-refractivity contribution is 0.415. The van der Waals surface area contributed by atoms with Gasteiger partial charge in [-0.2, -0.15) is 0 Å². The number of aryl methyl sites for hydroxylation is 3. The van der Waals surface area contributed by atoms with E-state index in [9.17, 15) is 0 Å². The summed E-state index contributed by atoms with van der Waals surface area (Å²) in [5, 5.41) is 7.01. The summed E-state index contributed by atoms with van der Waals surface area (Å²) in [5.74, 6) is 0.797. The Morgan fingerprint density at radius 3 is 2.29 bits per heavy atom. The summed E-state index contributed by atoms with van der Waals surface area (Å²) in [6.45, 7) is 6.25. The van der Waals surface area contributed by atoms with E-state index in [0.29, 0.717) is 5.11 Å². The molecule has 0 fully saturated rings. The van der Waals surface area contributed by atoms with Crippen molar-refractivity contribution in [2.75, 3.05) is 17.7 Å². The van der Waals surface area contributed by atoms with E-state index < -0.39 is 0 Å². The van der Waals surface area contributed by atoms with Crippen LogP contribution in [0.5, 0.6) is 5.75 Å². The van der Waals surface area contributed by atoms with Gasteiger partial charge in [-0.25, -0.2) is 0 Å². The van der Waals surface area contributed by atoms with Crippen molar-refractivity contribution in [3.05, 3.63) is 53.1 Å². The molecule has 0 aliphatic heterocycles. The van der Waals surface area contributed by atoms with E-state index in [1.807, 2.05) is 24.3 Å². The normalized spacial score (nSPS) is 10.1. The first kappa shape index (κ1) is 15.3. The first-order valence-electron chi connectivity index (χ1n) is 6.79. The fourth-order valence-electron chi connectivity index (χ4n) is 2.35. The van der Waals surface area contributed by atoms with Crippen LogP contribution < -0.4 is 15.4 Å². The van der Waals surface area contributed by atoms with Gasteiger partial charge in [0.15, 0.2) is 5.11 Å². The molecular weight excluding hydrogens is 280 g/mol. The number of hydrogen-bond donors (Lipinski definition) is 2. The Morgan fingerprint density at radius 2 is 1.67 bits per heavy atom. The summed E-state index contributed by atoms with van der Waals surface area (Å²) in [7, 11) is 1.65. The second-order valence-electron chi connectivity index (χ2n) is 5.08. The molecule has 2 aromatic carbocycles. The maximum atomic E-state index is 5.39. The van der Waals surface area contributed by atoms with E-state index in [1.54, 1.807) is 7.11 Å². The fourth-order valence-corrected chi connectivity index (χ4v) is 2.57. The van der Waals surface area contributed by atoms with Crippen molar-refractivity contribution in [3.8, 4) is 5.75 Å². The standard InChI is InChI=1S/C17H20N2OS/c1-11-8-12(2)16(13(3)9-11)19-17(21)18-14-6-5-7-15(10-14)20-4/h5-10H,1-4H3,(H2,18,19,21). The van der Waals surface area contributed by atoms with Crippen LogP contribution in [0.15, 0.2) is 36.4 Å². The number of anilines is 2. The molecule has 0 aromatic heterocycles. The van der Waals surface area contributed by atoms with E-state index in [1.165, 1.54) is 16.7 Å². The molecule has 2 aromatic rings. The smallest absolute Gasteiger partial charge is 0.175 e. The average molecular weight is 300 g/mol. The summed E-state index contributed by atoms with van der Waals surface area (Å²) >= 11 is 5.39. The van der Waals surface area contributed by atoms with Crippen LogP contribution in [-0.4, -0.2) is 12.2 Å². The van der Waals surface area contributed by atoms with E-state index in [0.717, 1.165) is 17.1 Å². The minimum absolute atomic E-state index is 0.568.